The van der Waals surface area contributed by atoms with Crippen LogP contribution < -0.4 is 14.8 Å². The Bertz CT molecular complexity index is 1030. The summed E-state index contributed by atoms with van der Waals surface area (Å²) in [7, 11) is 3.22. The van der Waals surface area contributed by atoms with Crippen molar-refractivity contribution in [3.63, 3.8) is 0 Å². The van der Waals surface area contributed by atoms with Gasteiger partial charge in [0.25, 0.3) is 0 Å². The molecule has 0 aliphatic carbocycles. The molecule has 1 saturated heterocycles. The minimum atomic E-state index is -0.0201. The van der Waals surface area contributed by atoms with E-state index in [2.05, 4.69) is 26.8 Å². The van der Waals surface area contributed by atoms with Gasteiger partial charge in [-0.05, 0) is 49.1 Å². The second kappa shape index (κ2) is 10.4. The molecule has 1 aromatic heterocycles. The number of aromatic nitrogens is 2. The molecule has 1 aromatic carbocycles. The molecule has 4 rings (SSSR count). The van der Waals surface area contributed by atoms with Gasteiger partial charge < -0.3 is 19.7 Å². The van der Waals surface area contributed by atoms with E-state index in [9.17, 15) is 4.79 Å². The molecule has 33 heavy (non-hydrogen) atoms. The number of hydrogen-bond acceptors (Lipinski definition) is 7. The first-order valence-corrected chi connectivity index (χ1v) is 11.6. The zero-order valence-electron chi connectivity index (χ0n) is 19.1. The maximum absolute atomic E-state index is 12.3. The first-order chi connectivity index (χ1) is 16.0. The third-order valence-electron chi connectivity index (χ3n) is 6.25. The number of fused-ring (bicyclic) bond motifs is 1. The molecule has 9 heteroatoms. The summed E-state index contributed by atoms with van der Waals surface area (Å²) in [4.78, 5) is 25.6. The molecule has 1 amide bonds. The number of hydrogen-bond donors (Lipinski definition) is 1. The Hall–Kier alpha value is -2.84. The van der Waals surface area contributed by atoms with Crippen molar-refractivity contribution in [1.82, 2.24) is 19.8 Å². The molecule has 2 aliphatic rings. The van der Waals surface area contributed by atoms with Crippen molar-refractivity contribution in [1.29, 1.82) is 0 Å². The van der Waals surface area contributed by atoms with E-state index in [1.165, 1.54) is 6.08 Å². The summed E-state index contributed by atoms with van der Waals surface area (Å²) in [5, 5.41) is 4.19. The number of halogens is 1. The van der Waals surface area contributed by atoms with Crippen molar-refractivity contribution in [3.8, 4) is 11.8 Å². The molecular formula is C24H30ClN5O3. The third kappa shape index (κ3) is 5.23. The van der Waals surface area contributed by atoms with E-state index < -0.39 is 0 Å². The second-order valence-corrected chi connectivity index (χ2v) is 8.76. The van der Waals surface area contributed by atoms with E-state index in [0.717, 1.165) is 54.2 Å². The quantitative estimate of drug-likeness (QED) is 0.588. The number of benzene rings is 1. The minimum absolute atomic E-state index is 0.0201. The van der Waals surface area contributed by atoms with Gasteiger partial charge in [-0.1, -0.05) is 18.2 Å². The van der Waals surface area contributed by atoms with Crippen LogP contribution in [0, 0.1) is 0 Å². The largest absolute Gasteiger partial charge is 0.497 e. The summed E-state index contributed by atoms with van der Waals surface area (Å²) < 4.78 is 10.7. The van der Waals surface area contributed by atoms with E-state index in [0.29, 0.717) is 37.2 Å². The molecule has 0 radical (unpaired) electrons. The zero-order chi connectivity index (χ0) is 23.4. The van der Waals surface area contributed by atoms with Gasteiger partial charge in [0, 0.05) is 49.4 Å². The monoisotopic (exact) mass is 471 g/mol. The molecular weight excluding hydrogens is 442 g/mol. The maximum Gasteiger partial charge on any atom is 0.318 e. The molecule has 0 saturated carbocycles. The Labute approximate surface area is 199 Å². The van der Waals surface area contributed by atoms with Crippen LogP contribution in [-0.2, 0) is 24.4 Å². The van der Waals surface area contributed by atoms with Crippen molar-refractivity contribution in [3.05, 3.63) is 52.7 Å². The predicted octanol–water partition coefficient (Wildman–Crippen LogP) is 3.64. The number of carbonyl (C=O) groups excluding carboxylic acids is 1. The zero-order valence-corrected chi connectivity index (χ0v) is 19.9. The standard InChI is InChI=1S/C24H30ClN5O3/c1-4-22(31)30-10-6-5-7-17(30)12-26-23-19-14-29(15-21(19)27-24(28-23)33-3)13-16-11-18(32-2)8-9-20(16)25/h4,8-9,11,17H,1,5-7,10,12-15H2,2-3H3,(H,26,27,28). The third-order valence-corrected chi connectivity index (χ3v) is 6.62. The summed E-state index contributed by atoms with van der Waals surface area (Å²) in [6, 6.07) is 6.11. The van der Waals surface area contributed by atoms with E-state index in [1.807, 2.05) is 23.1 Å². The van der Waals surface area contributed by atoms with Gasteiger partial charge in [-0.25, -0.2) is 0 Å². The van der Waals surface area contributed by atoms with Crippen LogP contribution >= 0.6 is 11.6 Å². The van der Waals surface area contributed by atoms with Crippen molar-refractivity contribution in [2.75, 3.05) is 32.6 Å². The summed E-state index contributed by atoms with van der Waals surface area (Å²) in [5.41, 5.74) is 2.98. The number of carbonyl (C=O) groups is 1. The molecule has 176 valence electrons. The molecule has 2 aromatic rings. The Morgan fingerprint density at radius 3 is 2.88 bits per heavy atom. The lowest BCUT2D eigenvalue weighted by atomic mass is 10.0. The maximum atomic E-state index is 12.3. The summed E-state index contributed by atoms with van der Waals surface area (Å²) >= 11 is 6.43. The number of nitrogens with zero attached hydrogens (tertiary/aromatic N) is 4. The average Bonchev–Trinajstić information content (AvgIpc) is 3.26. The molecule has 1 fully saturated rings. The normalized spacial score (nSPS) is 18.0. The van der Waals surface area contributed by atoms with E-state index >= 15 is 0 Å². The SMILES string of the molecule is C=CC(=O)N1CCCCC1CNc1nc(OC)nc2c1CN(Cc1cc(OC)ccc1Cl)C2. The number of piperidine rings is 1. The van der Waals surface area contributed by atoms with Gasteiger partial charge in [0.15, 0.2) is 0 Å². The topological polar surface area (TPSA) is 79.8 Å². The van der Waals surface area contributed by atoms with Crippen LogP contribution in [0.5, 0.6) is 11.8 Å². The van der Waals surface area contributed by atoms with Crippen molar-refractivity contribution in [2.45, 2.75) is 44.9 Å². The van der Waals surface area contributed by atoms with Gasteiger partial charge in [-0.3, -0.25) is 9.69 Å². The first-order valence-electron chi connectivity index (χ1n) is 11.2. The summed E-state index contributed by atoms with van der Waals surface area (Å²) in [5.74, 6) is 1.52. The Morgan fingerprint density at radius 2 is 2.12 bits per heavy atom. The first kappa shape index (κ1) is 23.3. The van der Waals surface area contributed by atoms with Gasteiger partial charge in [0.2, 0.25) is 5.91 Å². The van der Waals surface area contributed by atoms with Gasteiger partial charge in [-0.15, -0.1) is 0 Å². The van der Waals surface area contributed by atoms with Gasteiger partial charge in [0.1, 0.15) is 11.6 Å². The fourth-order valence-corrected chi connectivity index (χ4v) is 4.70. The summed E-state index contributed by atoms with van der Waals surface area (Å²) in [6.45, 7) is 7.05. The van der Waals surface area contributed by atoms with Crippen LogP contribution in [0.2, 0.25) is 5.02 Å². The summed E-state index contributed by atoms with van der Waals surface area (Å²) in [6.07, 6.45) is 4.48. The lowest BCUT2D eigenvalue weighted by Gasteiger charge is -2.35. The van der Waals surface area contributed by atoms with Gasteiger partial charge in [-0.2, -0.15) is 9.97 Å². The highest BCUT2D eigenvalue weighted by molar-refractivity contribution is 6.31. The van der Waals surface area contributed by atoms with E-state index in [-0.39, 0.29) is 11.9 Å². The predicted molar refractivity (Wildman–Crippen MR) is 128 cm³/mol. The highest BCUT2D eigenvalue weighted by Gasteiger charge is 2.29. The Morgan fingerprint density at radius 1 is 1.27 bits per heavy atom. The average molecular weight is 472 g/mol. The number of rotatable bonds is 8. The lowest BCUT2D eigenvalue weighted by molar-refractivity contribution is -0.129. The van der Waals surface area contributed by atoms with Crippen molar-refractivity contribution < 1.29 is 14.3 Å². The second-order valence-electron chi connectivity index (χ2n) is 8.35. The number of ether oxygens (including phenoxy) is 2. The Balaban J connectivity index is 1.50. The molecule has 8 nitrogen and oxygen atoms in total. The van der Waals surface area contributed by atoms with Crippen LogP contribution in [0.4, 0.5) is 5.82 Å². The highest BCUT2D eigenvalue weighted by Crippen LogP contribution is 2.32. The molecule has 1 N–H and O–H groups in total. The van der Waals surface area contributed by atoms with Crippen LogP contribution in [0.25, 0.3) is 0 Å². The molecule has 3 heterocycles. The number of likely N-dealkylation sites (tertiary alicyclic amines) is 1. The molecule has 0 bridgehead atoms. The van der Waals surface area contributed by atoms with Crippen LogP contribution in [0.3, 0.4) is 0 Å². The van der Waals surface area contributed by atoms with Crippen LogP contribution in [0.15, 0.2) is 30.9 Å². The van der Waals surface area contributed by atoms with Crippen LogP contribution in [0.1, 0.15) is 36.1 Å². The van der Waals surface area contributed by atoms with E-state index in [4.69, 9.17) is 21.1 Å². The van der Waals surface area contributed by atoms with Gasteiger partial charge in [0.05, 0.1) is 19.9 Å². The van der Waals surface area contributed by atoms with Crippen molar-refractivity contribution >= 4 is 23.3 Å². The Kier molecular flexibility index (Phi) is 7.35. The number of amides is 1. The molecule has 1 unspecified atom stereocenters. The molecule has 0 spiro atoms. The number of nitrogens with one attached hydrogen (secondary N) is 1. The molecule has 2 aliphatic heterocycles. The molecule has 1 atom stereocenters. The minimum Gasteiger partial charge on any atom is -0.497 e. The number of methoxy groups -OCH3 is 2. The number of anilines is 1. The van der Waals surface area contributed by atoms with Crippen LogP contribution in [-0.4, -0.2) is 59.0 Å². The highest BCUT2D eigenvalue weighted by atomic mass is 35.5. The van der Waals surface area contributed by atoms with Crippen molar-refractivity contribution in [2.24, 2.45) is 0 Å². The van der Waals surface area contributed by atoms with Gasteiger partial charge >= 0.3 is 6.01 Å². The fraction of sp³-hybridized carbons (Fsp3) is 0.458. The van der Waals surface area contributed by atoms with E-state index in [1.54, 1.807) is 14.2 Å². The lowest BCUT2D eigenvalue weighted by Crippen LogP contribution is -2.46. The smallest absolute Gasteiger partial charge is 0.318 e. The fourth-order valence-electron chi connectivity index (χ4n) is 4.52.